The number of halogens is 2. The van der Waals surface area contributed by atoms with Crippen molar-refractivity contribution >= 4 is 33.5 Å². The van der Waals surface area contributed by atoms with Crippen LogP contribution in [0.2, 0.25) is 5.02 Å². The van der Waals surface area contributed by atoms with Crippen LogP contribution in [-0.2, 0) is 6.54 Å². The van der Waals surface area contributed by atoms with Gasteiger partial charge in [0.05, 0.1) is 22.4 Å². The number of benzene rings is 1. The largest absolute Gasteiger partial charge is 0.452 e. The number of carbonyl (C=O) groups is 1. The number of esters is 1. The molecule has 5 nitrogen and oxygen atoms in total. The van der Waals surface area contributed by atoms with Crippen LogP contribution in [0.3, 0.4) is 0 Å². The Morgan fingerprint density at radius 1 is 1.25 bits per heavy atom. The molecule has 0 aliphatic rings. The van der Waals surface area contributed by atoms with Gasteiger partial charge in [0.25, 0.3) is 0 Å². The van der Waals surface area contributed by atoms with Crippen LogP contribution in [0.5, 0.6) is 5.75 Å². The lowest BCUT2D eigenvalue weighted by atomic mass is 10.3. The zero-order valence-electron chi connectivity index (χ0n) is 13.0. The van der Waals surface area contributed by atoms with E-state index >= 15 is 0 Å². The van der Waals surface area contributed by atoms with Crippen LogP contribution in [0.1, 0.15) is 27.7 Å². The first-order valence-corrected chi connectivity index (χ1v) is 8.37. The third kappa shape index (κ3) is 3.55. The normalized spacial score (nSPS) is 10.8. The molecule has 0 N–H and O–H groups in total. The summed E-state index contributed by atoms with van der Waals surface area (Å²) < 4.78 is 13.6. The molecule has 0 bridgehead atoms. The van der Waals surface area contributed by atoms with Crippen LogP contribution < -0.4 is 4.74 Å². The van der Waals surface area contributed by atoms with Crippen molar-refractivity contribution < 1.29 is 13.9 Å². The molecule has 0 fully saturated rings. The summed E-state index contributed by atoms with van der Waals surface area (Å²) in [4.78, 5) is 12.1. The van der Waals surface area contributed by atoms with Crippen LogP contribution in [0.25, 0.3) is 0 Å². The average molecular weight is 410 g/mol. The smallest absolute Gasteiger partial charge is 0.379 e. The molecule has 0 unspecified atom stereocenters. The molecule has 2 heterocycles. The Bertz CT molecular complexity index is 884. The molecule has 3 rings (SSSR count). The zero-order chi connectivity index (χ0) is 17.3. The number of ether oxygens (including phenoxy) is 1. The highest BCUT2D eigenvalue weighted by atomic mass is 79.9. The number of aryl methyl sites for hydroxylation is 1. The highest BCUT2D eigenvalue weighted by Crippen LogP contribution is 2.22. The Morgan fingerprint density at radius 3 is 2.58 bits per heavy atom. The summed E-state index contributed by atoms with van der Waals surface area (Å²) in [6.45, 7) is 4.32. The van der Waals surface area contributed by atoms with Gasteiger partial charge in [0.15, 0.2) is 0 Å². The van der Waals surface area contributed by atoms with Gasteiger partial charge in [-0.05, 0) is 66.2 Å². The molecule has 0 spiro atoms. The first-order chi connectivity index (χ1) is 11.4. The van der Waals surface area contributed by atoms with E-state index in [1.165, 1.54) is 0 Å². The summed E-state index contributed by atoms with van der Waals surface area (Å²) >= 11 is 9.29. The third-order valence-electron chi connectivity index (χ3n) is 3.49. The summed E-state index contributed by atoms with van der Waals surface area (Å²) in [6, 6.07) is 9.88. The van der Waals surface area contributed by atoms with E-state index in [4.69, 9.17) is 20.8 Å². The first-order valence-electron chi connectivity index (χ1n) is 7.20. The number of hydrogen-bond acceptors (Lipinski definition) is 4. The SMILES string of the molecule is Cc1nn(Cc2ccc(C(=O)Oc3ccc(Cl)cc3)o2)c(C)c1Br. The van der Waals surface area contributed by atoms with Gasteiger partial charge in [0.1, 0.15) is 11.5 Å². The van der Waals surface area contributed by atoms with Crippen molar-refractivity contribution in [3.63, 3.8) is 0 Å². The number of hydrogen-bond donors (Lipinski definition) is 0. The number of aromatic nitrogens is 2. The number of carbonyl (C=O) groups excluding carboxylic acids is 1. The van der Waals surface area contributed by atoms with Crippen molar-refractivity contribution in [2.24, 2.45) is 0 Å². The van der Waals surface area contributed by atoms with E-state index < -0.39 is 5.97 Å². The van der Waals surface area contributed by atoms with Gasteiger partial charge in [-0.3, -0.25) is 4.68 Å². The second kappa shape index (κ2) is 6.83. The molecule has 1 aromatic carbocycles. The molecule has 7 heteroatoms. The fourth-order valence-corrected chi connectivity index (χ4v) is 2.62. The minimum atomic E-state index is -0.557. The van der Waals surface area contributed by atoms with Crippen molar-refractivity contribution in [2.45, 2.75) is 20.4 Å². The van der Waals surface area contributed by atoms with E-state index in [2.05, 4.69) is 21.0 Å². The van der Waals surface area contributed by atoms with Crippen LogP contribution in [0, 0.1) is 13.8 Å². The maximum Gasteiger partial charge on any atom is 0.379 e. The fourth-order valence-electron chi connectivity index (χ4n) is 2.21. The van der Waals surface area contributed by atoms with Gasteiger partial charge in [-0.2, -0.15) is 5.10 Å². The van der Waals surface area contributed by atoms with Gasteiger partial charge in [0.2, 0.25) is 5.76 Å². The molecule has 0 aliphatic heterocycles. The molecule has 124 valence electrons. The lowest BCUT2D eigenvalue weighted by molar-refractivity contribution is 0.0699. The summed E-state index contributed by atoms with van der Waals surface area (Å²) in [5, 5.41) is 4.99. The van der Waals surface area contributed by atoms with Gasteiger partial charge < -0.3 is 9.15 Å². The number of rotatable bonds is 4. The van der Waals surface area contributed by atoms with E-state index in [0.717, 1.165) is 15.9 Å². The maximum atomic E-state index is 12.1. The van der Waals surface area contributed by atoms with Gasteiger partial charge in [0, 0.05) is 5.02 Å². The molecular formula is C17H14BrClN2O3. The highest BCUT2D eigenvalue weighted by Gasteiger charge is 2.16. The Morgan fingerprint density at radius 2 is 1.96 bits per heavy atom. The highest BCUT2D eigenvalue weighted by molar-refractivity contribution is 9.10. The van der Waals surface area contributed by atoms with Crippen LogP contribution in [-0.4, -0.2) is 15.7 Å². The summed E-state index contributed by atoms with van der Waals surface area (Å²) in [6.07, 6.45) is 0. The second-order valence-corrected chi connectivity index (χ2v) is 6.48. The predicted octanol–water partition coefficient (Wildman–Crippen LogP) is 4.78. The maximum absolute atomic E-state index is 12.1. The molecule has 3 aromatic rings. The third-order valence-corrected chi connectivity index (χ3v) is 4.89. The minimum absolute atomic E-state index is 0.139. The lowest BCUT2D eigenvalue weighted by Gasteiger charge is -2.03. The van der Waals surface area contributed by atoms with Crippen LogP contribution in [0.4, 0.5) is 0 Å². The summed E-state index contributed by atoms with van der Waals surface area (Å²) in [5.74, 6) is 0.611. The van der Waals surface area contributed by atoms with E-state index in [-0.39, 0.29) is 5.76 Å². The van der Waals surface area contributed by atoms with Crippen LogP contribution in [0.15, 0.2) is 45.3 Å². The molecule has 0 saturated heterocycles. The second-order valence-electron chi connectivity index (χ2n) is 5.25. The van der Waals surface area contributed by atoms with Crippen molar-refractivity contribution in [1.82, 2.24) is 9.78 Å². The molecule has 0 amide bonds. The van der Waals surface area contributed by atoms with Gasteiger partial charge >= 0.3 is 5.97 Å². The minimum Gasteiger partial charge on any atom is -0.452 e. The molecule has 2 aromatic heterocycles. The molecule has 0 radical (unpaired) electrons. The van der Waals surface area contributed by atoms with E-state index in [9.17, 15) is 4.79 Å². The van der Waals surface area contributed by atoms with Crippen molar-refractivity contribution in [2.75, 3.05) is 0 Å². The number of furan rings is 1. The number of nitrogens with zero attached hydrogens (tertiary/aromatic N) is 2. The first kappa shape index (κ1) is 16.8. The van der Waals surface area contributed by atoms with E-state index in [1.54, 1.807) is 36.4 Å². The standard InChI is InChI=1S/C17H14BrClN2O3/c1-10-16(18)11(2)21(20-10)9-14-7-8-15(23-14)17(22)24-13-5-3-12(19)4-6-13/h3-8H,9H2,1-2H3. The summed E-state index contributed by atoms with van der Waals surface area (Å²) in [5.41, 5.74) is 1.90. The molecule has 0 saturated carbocycles. The van der Waals surface area contributed by atoms with Crippen molar-refractivity contribution in [3.8, 4) is 5.75 Å². The van der Waals surface area contributed by atoms with Gasteiger partial charge in [-0.15, -0.1) is 0 Å². The topological polar surface area (TPSA) is 57.3 Å². The molecule has 24 heavy (non-hydrogen) atoms. The van der Waals surface area contributed by atoms with E-state index in [1.807, 2.05) is 18.5 Å². The van der Waals surface area contributed by atoms with Gasteiger partial charge in [-0.1, -0.05) is 11.6 Å². The summed E-state index contributed by atoms with van der Waals surface area (Å²) in [7, 11) is 0. The quantitative estimate of drug-likeness (QED) is 0.460. The predicted molar refractivity (Wildman–Crippen MR) is 93.6 cm³/mol. The lowest BCUT2D eigenvalue weighted by Crippen LogP contribution is -2.07. The molecular weight excluding hydrogens is 396 g/mol. The fraction of sp³-hybridized carbons (Fsp3) is 0.176. The Labute approximate surface area is 152 Å². The molecule has 0 aliphatic carbocycles. The monoisotopic (exact) mass is 408 g/mol. The van der Waals surface area contributed by atoms with E-state index in [0.29, 0.717) is 23.1 Å². The van der Waals surface area contributed by atoms with Crippen LogP contribution >= 0.6 is 27.5 Å². The Hall–Kier alpha value is -2.05. The zero-order valence-corrected chi connectivity index (χ0v) is 15.4. The Balaban J connectivity index is 1.71. The van der Waals surface area contributed by atoms with Gasteiger partial charge in [-0.25, -0.2) is 4.79 Å². The Kier molecular flexibility index (Phi) is 4.78. The van der Waals surface area contributed by atoms with Crippen molar-refractivity contribution in [3.05, 3.63) is 68.8 Å². The average Bonchev–Trinajstić information content (AvgIpc) is 3.11. The van der Waals surface area contributed by atoms with Crippen molar-refractivity contribution in [1.29, 1.82) is 0 Å². The molecule has 0 atom stereocenters.